The summed E-state index contributed by atoms with van der Waals surface area (Å²) in [6, 6.07) is 4.86. The summed E-state index contributed by atoms with van der Waals surface area (Å²) in [5.41, 5.74) is 0.522. The highest BCUT2D eigenvalue weighted by Gasteiger charge is 2.11. The number of rotatable bonds is 5. The molecule has 0 spiro atoms. The van der Waals surface area contributed by atoms with E-state index in [9.17, 15) is 4.79 Å². The maximum atomic E-state index is 11.9. The average Bonchev–Trinajstić information content (AvgIpc) is 2.28. The zero-order chi connectivity index (χ0) is 13.7. The second kappa shape index (κ2) is 7.37. The number of nitrogens with one attached hydrogen (secondary N) is 1. The Bertz CT molecular complexity index is 423. The molecule has 0 aliphatic carbocycles. The van der Waals surface area contributed by atoms with Gasteiger partial charge >= 0.3 is 0 Å². The molecule has 18 heavy (non-hydrogen) atoms. The van der Waals surface area contributed by atoms with Crippen LogP contribution >= 0.6 is 39.1 Å². The van der Waals surface area contributed by atoms with Crippen molar-refractivity contribution in [3.05, 3.63) is 33.8 Å². The van der Waals surface area contributed by atoms with Gasteiger partial charge in [0.1, 0.15) is 0 Å². The molecule has 0 fully saturated rings. The van der Waals surface area contributed by atoms with Gasteiger partial charge in [-0.2, -0.15) is 0 Å². The Labute approximate surface area is 126 Å². The van der Waals surface area contributed by atoms with Gasteiger partial charge in [0, 0.05) is 16.9 Å². The van der Waals surface area contributed by atoms with Crippen LogP contribution in [0.1, 0.15) is 30.6 Å². The van der Waals surface area contributed by atoms with Crippen molar-refractivity contribution in [2.75, 3.05) is 6.54 Å². The summed E-state index contributed by atoms with van der Waals surface area (Å²) < 4.78 is 0. The molecule has 1 N–H and O–H groups in total. The first-order chi connectivity index (χ1) is 8.40. The van der Waals surface area contributed by atoms with Gasteiger partial charge in [0.05, 0.1) is 10.0 Å². The van der Waals surface area contributed by atoms with Crippen LogP contribution in [0.5, 0.6) is 0 Å². The quantitative estimate of drug-likeness (QED) is 0.775. The fourth-order valence-corrected chi connectivity index (χ4v) is 2.75. The molecule has 0 saturated heterocycles. The topological polar surface area (TPSA) is 29.1 Å². The van der Waals surface area contributed by atoms with Gasteiger partial charge in [0.2, 0.25) is 0 Å². The van der Waals surface area contributed by atoms with Crippen molar-refractivity contribution in [1.82, 2.24) is 5.32 Å². The molecule has 0 bridgehead atoms. The van der Waals surface area contributed by atoms with Crippen molar-refractivity contribution in [3.63, 3.8) is 0 Å². The lowest BCUT2D eigenvalue weighted by Crippen LogP contribution is -2.30. The summed E-state index contributed by atoms with van der Waals surface area (Å²) in [7, 11) is 0. The monoisotopic (exact) mass is 351 g/mol. The third kappa shape index (κ3) is 5.17. The van der Waals surface area contributed by atoms with Crippen LogP contribution in [0.4, 0.5) is 0 Å². The smallest absolute Gasteiger partial charge is 0.251 e. The minimum atomic E-state index is -0.137. The summed E-state index contributed by atoms with van der Waals surface area (Å²) in [5.74, 6) is 0.457. The van der Waals surface area contributed by atoms with E-state index in [0.717, 1.165) is 6.42 Å². The molecule has 100 valence electrons. The number of benzene rings is 1. The molecular weight excluding hydrogens is 337 g/mol. The third-order valence-corrected chi connectivity index (χ3v) is 3.83. The first kappa shape index (κ1) is 15.8. The second-order valence-corrected chi connectivity index (χ2v) is 6.68. The number of hydrogen-bond donors (Lipinski definition) is 1. The van der Waals surface area contributed by atoms with Crippen molar-refractivity contribution < 1.29 is 4.79 Å². The number of carbonyl (C=O) groups excluding carboxylic acids is 1. The van der Waals surface area contributed by atoms with Crippen LogP contribution in [0.2, 0.25) is 10.0 Å². The normalized spacial score (nSPS) is 12.6. The zero-order valence-electron chi connectivity index (χ0n) is 10.3. The predicted octanol–water partition coefficient (Wildman–Crippen LogP) is 4.53. The summed E-state index contributed by atoms with van der Waals surface area (Å²) >= 11 is 15.2. The largest absolute Gasteiger partial charge is 0.351 e. The lowest BCUT2D eigenvalue weighted by atomic mass is 10.1. The third-order valence-electron chi connectivity index (χ3n) is 2.39. The van der Waals surface area contributed by atoms with Crippen molar-refractivity contribution in [2.24, 2.45) is 5.92 Å². The average molecular weight is 353 g/mol. The van der Waals surface area contributed by atoms with Gasteiger partial charge in [0.25, 0.3) is 5.91 Å². The molecule has 0 saturated carbocycles. The number of carbonyl (C=O) groups is 1. The van der Waals surface area contributed by atoms with Gasteiger partial charge in [-0.1, -0.05) is 53.0 Å². The van der Waals surface area contributed by atoms with Crippen LogP contribution in [-0.2, 0) is 0 Å². The van der Waals surface area contributed by atoms with Crippen molar-refractivity contribution in [3.8, 4) is 0 Å². The van der Waals surface area contributed by atoms with E-state index in [2.05, 4.69) is 35.1 Å². The minimum absolute atomic E-state index is 0.137. The first-order valence-corrected chi connectivity index (χ1v) is 7.44. The molecule has 5 heteroatoms. The molecule has 0 aliphatic rings. The van der Waals surface area contributed by atoms with Crippen molar-refractivity contribution >= 4 is 45.0 Å². The highest BCUT2D eigenvalue weighted by Crippen LogP contribution is 2.22. The van der Waals surface area contributed by atoms with Gasteiger partial charge in [-0.25, -0.2) is 0 Å². The molecule has 1 amide bonds. The molecule has 0 aliphatic heterocycles. The fraction of sp³-hybridized carbons (Fsp3) is 0.462. The number of halogens is 3. The fourth-order valence-electron chi connectivity index (χ4n) is 1.54. The van der Waals surface area contributed by atoms with E-state index in [1.54, 1.807) is 18.2 Å². The molecule has 0 heterocycles. The SMILES string of the molecule is CC(C)CC(Br)CNC(=O)c1ccc(Cl)c(Cl)c1. The van der Waals surface area contributed by atoms with Gasteiger partial charge in [0.15, 0.2) is 0 Å². The Morgan fingerprint density at radius 1 is 1.33 bits per heavy atom. The standard InChI is InChI=1S/C13H16BrCl2NO/c1-8(2)5-10(14)7-17-13(18)9-3-4-11(15)12(16)6-9/h3-4,6,8,10H,5,7H2,1-2H3,(H,17,18). The summed E-state index contributed by atoms with van der Waals surface area (Å²) in [6.07, 6.45) is 1.02. The van der Waals surface area contributed by atoms with E-state index < -0.39 is 0 Å². The van der Waals surface area contributed by atoms with Crippen LogP contribution < -0.4 is 5.32 Å². The second-order valence-electron chi connectivity index (χ2n) is 4.57. The van der Waals surface area contributed by atoms with Gasteiger partial charge in [-0.05, 0) is 30.5 Å². The van der Waals surface area contributed by atoms with Crippen LogP contribution in [0.3, 0.4) is 0 Å². The first-order valence-electron chi connectivity index (χ1n) is 5.77. The Balaban J connectivity index is 2.52. The van der Waals surface area contributed by atoms with E-state index in [1.165, 1.54) is 0 Å². The summed E-state index contributed by atoms with van der Waals surface area (Å²) in [6.45, 7) is 4.89. The van der Waals surface area contributed by atoms with Crippen LogP contribution in [0.15, 0.2) is 18.2 Å². The molecule has 0 radical (unpaired) electrons. The van der Waals surface area contributed by atoms with Crippen LogP contribution in [0, 0.1) is 5.92 Å². The molecule has 1 atom stereocenters. The lowest BCUT2D eigenvalue weighted by Gasteiger charge is -2.13. The van der Waals surface area contributed by atoms with Gasteiger partial charge in [-0.15, -0.1) is 0 Å². The van der Waals surface area contributed by atoms with Crippen LogP contribution in [0.25, 0.3) is 0 Å². The summed E-state index contributed by atoms with van der Waals surface area (Å²) in [5, 5.41) is 3.70. The number of hydrogen-bond acceptors (Lipinski definition) is 1. The number of amides is 1. The highest BCUT2D eigenvalue weighted by molar-refractivity contribution is 9.09. The predicted molar refractivity (Wildman–Crippen MR) is 81.0 cm³/mol. The summed E-state index contributed by atoms with van der Waals surface area (Å²) in [4.78, 5) is 12.1. The Morgan fingerprint density at radius 3 is 2.56 bits per heavy atom. The molecule has 1 aromatic rings. The molecule has 1 rings (SSSR count). The Hall–Kier alpha value is -0.250. The minimum Gasteiger partial charge on any atom is -0.351 e. The van der Waals surface area contributed by atoms with E-state index in [1.807, 2.05) is 0 Å². The molecule has 2 nitrogen and oxygen atoms in total. The van der Waals surface area contributed by atoms with Gasteiger partial charge < -0.3 is 5.32 Å². The zero-order valence-corrected chi connectivity index (χ0v) is 13.4. The van der Waals surface area contributed by atoms with Crippen molar-refractivity contribution in [2.45, 2.75) is 25.1 Å². The molecule has 1 aromatic carbocycles. The highest BCUT2D eigenvalue weighted by atomic mass is 79.9. The maximum Gasteiger partial charge on any atom is 0.251 e. The van der Waals surface area contributed by atoms with Crippen LogP contribution in [-0.4, -0.2) is 17.3 Å². The lowest BCUT2D eigenvalue weighted by molar-refractivity contribution is 0.0953. The number of alkyl halides is 1. The van der Waals surface area contributed by atoms with E-state index in [0.29, 0.717) is 28.1 Å². The maximum absolute atomic E-state index is 11.9. The van der Waals surface area contributed by atoms with E-state index >= 15 is 0 Å². The molecule has 0 aromatic heterocycles. The molecule has 1 unspecified atom stereocenters. The van der Waals surface area contributed by atoms with E-state index in [-0.39, 0.29) is 10.7 Å². The van der Waals surface area contributed by atoms with Gasteiger partial charge in [-0.3, -0.25) is 4.79 Å². The Morgan fingerprint density at radius 2 is 2.00 bits per heavy atom. The van der Waals surface area contributed by atoms with E-state index in [4.69, 9.17) is 23.2 Å². The molecular formula is C13H16BrCl2NO. The Kier molecular flexibility index (Phi) is 6.47. The van der Waals surface area contributed by atoms with Crippen molar-refractivity contribution in [1.29, 1.82) is 0 Å².